The molecule has 0 fully saturated rings. The number of aliphatic carboxylic acids is 1. The van der Waals surface area contributed by atoms with Gasteiger partial charge < -0.3 is 5.11 Å². The van der Waals surface area contributed by atoms with E-state index in [2.05, 4.69) is 24.9 Å². The van der Waals surface area contributed by atoms with E-state index < -0.39 is 5.97 Å². The lowest BCUT2D eigenvalue weighted by Crippen LogP contribution is -1.95. The van der Waals surface area contributed by atoms with E-state index in [1.165, 1.54) is 15.6 Å². The van der Waals surface area contributed by atoms with Crippen LogP contribution in [0.5, 0.6) is 0 Å². The molecule has 0 aliphatic rings. The molecule has 29 heavy (non-hydrogen) atoms. The van der Waals surface area contributed by atoms with Crippen LogP contribution in [0.25, 0.3) is 10.1 Å². The minimum absolute atomic E-state index is 0.290. The molecule has 0 spiro atoms. The number of allylic oxidation sites excluding steroid dienone is 8. The molecule has 1 heterocycles. The molecule has 2 aromatic rings. The van der Waals surface area contributed by atoms with Crippen molar-refractivity contribution in [2.75, 3.05) is 0 Å². The molecule has 2 rings (SSSR count). The van der Waals surface area contributed by atoms with Crippen molar-refractivity contribution in [3.8, 4) is 0 Å². The first-order chi connectivity index (χ1) is 13.7. The Morgan fingerprint density at radius 2 is 1.90 bits per heavy atom. The van der Waals surface area contributed by atoms with E-state index in [1.54, 1.807) is 42.6 Å². The Morgan fingerprint density at radius 3 is 2.45 bits per heavy atom. The molecule has 0 aliphatic heterocycles. The van der Waals surface area contributed by atoms with Crippen LogP contribution in [0, 0.1) is 0 Å². The number of carboxylic acids is 1. The van der Waals surface area contributed by atoms with Crippen molar-refractivity contribution in [2.45, 2.75) is 34.1 Å². The molecule has 2 nitrogen and oxygen atoms in total. The van der Waals surface area contributed by atoms with Crippen molar-refractivity contribution in [2.24, 2.45) is 0 Å². The maximum Gasteiger partial charge on any atom is 0.331 e. The second kappa shape index (κ2) is 12.5. The van der Waals surface area contributed by atoms with Crippen molar-refractivity contribution in [3.63, 3.8) is 0 Å². The monoisotopic (exact) mass is 448 g/mol. The molecule has 0 atom stereocenters. The van der Waals surface area contributed by atoms with E-state index in [0.29, 0.717) is 10.6 Å². The molecule has 0 bridgehead atoms. The standard InChI is InChI=1S/C14H17ClO2.C10H9ClS/c1-5-12(9-13(15)6-2)10(3)7-8-11(4)14(16)17;1-2-7-6-12-9-5-3-4-8(11)10(7)9/h5-9H,2H2,1,3-4H3,(H,16,17);3-6H,2H2,1H3/b10-7+,11-8+,12-5+,13-9+;. The van der Waals surface area contributed by atoms with Crippen molar-refractivity contribution in [3.05, 3.63) is 92.9 Å². The molecule has 1 aromatic heterocycles. The third kappa shape index (κ3) is 7.69. The summed E-state index contributed by atoms with van der Waals surface area (Å²) < 4.78 is 1.29. The van der Waals surface area contributed by atoms with Gasteiger partial charge in [-0.15, -0.1) is 11.3 Å². The van der Waals surface area contributed by atoms with Crippen molar-refractivity contribution in [1.82, 2.24) is 0 Å². The summed E-state index contributed by atoms with van der Waals surface area (Å²) in [6.45, 7) is 11.1. The van der Waals surface area contributed by atoms with E-state index in [0.717, 1.165) is 22.6 Å². The molecule has 1 aromatic carbocycles. The fourth-order valence-corrected chi connectivity index (χ4v) is 3.96. The highest BCUT2D eigenvalue weighted by Crippen LogP contribution is 2.32. The number of carbonyl (C=O) groups is 1. The van der Waals surface area contributed by atoms with Gasteiger partial charge in [0.05, 0.1) is 0 Å². The Balaban J connectivity index is 0.000000304. The van der Waals surface area contributed by atoms with Gasteiger partial charge in [0.2, 0.25) is 0 Å². The Labute approximate surface area is 187 Å². The summed E-state index contributed by atoms with van der Waals surface area (Å²) in [5.41, 5.74) is 3.52. The van der Waals surface area contributed by atoms with Crippen molar-refractivity contribution >= 4 is 50.6 Å². The lowest BCUT2D eigenvalue weighted by molar-refractivity contribution is -0.132. The van der Waals surface area contributed by atoms with Gasteiger partial charge in [0.15, 0.2) is 0 Å². The fraction of sp³-hybridized carbons (Fsp3) is 0.208. The number of rotatable bonds is 6. The van der Waals surface area contributed by atoms with Gasteiger partial charge in [-0.1, -0.05) is 67.1 Å². The second-order valence-electron chi connectivity index (χ2n) is 6.21. The van der Waals surface area contributed by atoms with Crippen molar-refractivity contribution in [1.29, 1.82) is 0 Å². The lowest BCUT2D eigenvalue weighted by Gasteiger charge is -2.01. The zero-order chi connectivity index (χ0) is 22.0. The van der Waals surface area contributed by atoms with Gasteiger partial charge in [-0.2, -0.15) is 0 Å². The van der Waals surface area contributed by atoms with Crippen LogP contribution in [0.2, 0.25) is 5.02 Å². The van der Waals surface area contributed by atoms with Crippen LogP contribution >= 0.6 is 34.5 Å². The quantitative estimate of drug-likeness (QED) is 0.355. The van der Waals surface area contributed by atoms with E-state index in [1.807, 2.05) is 32.1 Å². The van der Waals surface area contributed by atoms with Gasteiger partial charge in [-0.05, 0) is 67.5 Å². The Morgan fingerprint density at radius 1 is 1.24 bits per heavy atom. The third-order valence-electron chi connectivity index (χ3n) is 4.18. The van der Waals surface area contributed by atoms with Gasteiger partial charge in [0, 0.05) is 25.7 Å². The largest absolute Gasteiger partial charge is 0.478 e. The number of fused-ring (bicyclic) bond motifs is 1. The van der Waals surface area contributed by atoms with Gasteiger partial charge in [0.1, 0.15) is 0 Å². The number of carboxylic acid groups (broad SMARTS) is 1. The van der Waals surface area contributed by atoms with E-state index in [-0.39, 0.29) is 0 Å². The van der Waals surface area contributed by atoms with Crippen LogP contribution in [-0.2, 0) is 11.2 Å². The molecule has 1 N–H and O–H groups in total. The molecular weight excluding hydrogens is 423 g/mol. The number of thiophene rings is 1. The van der Waals surface area contributed by atoms with Crippen LogP contribution in [0.4, 0.5) is 0 Å². The highest BCUT2D eigenvalue weighted by atomic mass is 35.5. The predicted octanol–water partition coefficient (Wildman–Crippen LogP) is 8.34. The number of hydrogen-bond donors (Lipinski definition) is 1. The minimum Gasteiger partial charge on any atom is -0.478 e. The summed E-state index contributed by atoms with van der Waals surface area (Å²) in [6.07, 6.45) is 9.62. The highest BCUT2D eigenvalue weighted by molar-refractivity contribution is 7.17. The number of benzene rings is 1. The first-order valence-corrected chi connectivity index (χ1v) is 10.8. The Bertz CT molecular complexity index is 991. The fourth-order valence-electron chi connectivity index (χ4n) is 2.42. The third-order valence-corrected chi connectivity index (χ3v) is 5.76. The van der Waals surface area contributed by atoms with E-state index in [9.17, 15) is 4.79 Å². The van der Waals surface area contributed by atoms with Crippen LogP contribution in [-0.4, -0.2) is 11.1 Å². The van der Waals surface area contributed by atoms with Gasteiger partial charge in [-0.25, -0.2) is 4.79 Å². The molecular formula is C24H26Cl2O2S. The number of aryl methyl sites for hydroxylation is 1. The number of hydrogen-bond acceptors (Lipinski definition) is 2. The van der Waals surface area contributed by atoms with E-state index in [4.69, 9.17) is 28.3 Å². The van der Waals surface area contributed by atoms with Crippen LogP contribution in [0.3, 0.4) is 0 Å². The molecule has 0 saturated carbocycles. The van der Waals surface area contributed by atoms with Gasteiger partial charge in [0.25, 0.3) is 0 Å². The zero-order valence-electron chi connectivity index (χ0n) is 17.1. The Kier molecular flexibility index (Phi) is 10.7. The Hall–Kier alpha value is -2.07. The molecule has 5 heteroatoms. The summed E-state index contributed by atoms with van der Waals surface area (Å²) in [6, 6.07) is 6.07. The summed E-state index contributed by atoms with van der Waals surface area (Å²) in [5.74, 6) is -0.921. The van der Waals surface area contributed by atoms with Crippen LogP contribution < -0.4 is 0 Å². The zero-order valence-corrected chi connectivity index (χ0v) is 19.5. The van der Waals surface area contributed by atoms with Crippen LogP contribution in [0.1, 0.15) is 33.3 Å². The summed E-state index contributed by atoms with van der Waals surface area (Å²) in [4.78, 5) is 10.6. The average molecular weight is 449 g/mol. The SMILES string of the molecule is C=C\C(Cl)=C/C(=C\C)C(/C)=C/C=C(\C)C(=O)O.CCc1csc2cccc(Cl)c12. The maximum atomic E-state index is 10.6. The minimum atomic E-state index is -0.921. The smallest absolute Gasteiger partial charge is 0.331 e. The average Bonchev–Trinajstić information content (AvgIpc) is 3.14. The molecule has 0 amide bonds. The van der Waals surface area contributed by atoms with E-state index >= 15 is 0 Å². The van der Waals surface area contributed by atoms with Crippen LogP contribution in [0.15, 0.2) is 82.3 Å². The lowest BCUT2D eigenvalue weighted by atomic mass is 10.1. The molecule has 0 saturated heterocycles. The normalized spacial score (nSPS) is 13.2. The first kappa shape index (κ1) is 25.0. The summed E-state index contributed by atoms with van der Waals surface area (Å²) >= 11 is 13.7. The molecule has 154 valence electrons. The molecule has 0 aliphatic carbocycles. The van der Waals surface area contributed by atoms with Gasteiger partial charge >= 0.3 is 5.97 Å². The topological polar surface area (TPSA) is 37.3 Å². The summed E-state index contributed by atoms with van der Waals surface area (Å²) in [7, 11) is 0. The maximum absolute atomic E-state index is 10.6. The second-order valence-corrected chi connectivity index (χ2v) is 7.96. The van der Waals surface area contributed by atoms with Crippen molar-refractivity contribution < 1.29 is 9.90 Å². The number of halogens is 2. The first-order valence-electron chi connectivity index (χ1n) is 9.14. The van der Waals surface area contributed by atoms with Gasteiger partial charge in [-0.3, -0.25) is 0 Å². The summed E-state index contributed by atoms with van der Waals surface area (Å²) in [5, 5.41) is 13.6. The molecule has 0 radical (unpaired) electrons. The highest BCUT2D eigenvalue weighted by Gasteiger charge is 2.04. The molecule has 0 unspecified atom stereocenters. The predicted molar refractivity (Wildman–Crippen MR) is 129 cm³/mol.